The third-order valence-electron chi connectivity index (χ3n) is 3.00. The molecule has 0 saturated heterocycles. The first-order valence-corrected chi connectivity index (χ1v) is 6.71. The molecule has 1 atom stereocenters. The number of nitrogens with one attached hydrogen (secondary N) is 1. The van der Waals surface area contributed by atoms with Crippen LogP contribution in [0.1, 0.15) is 28.9 Å². The van der Waals surface area contributed by atoms with Crippen molar-refractivity contribution in [3.05, 3.63) is 71.8 Å². The van der Waals surface area contributed by atoms with Gasteiger partial charge in [-0.3, -0.25) is 9.59 Å². The number of hydrogen-bond donors (Lipinski definition) is 1. The second kappa shape index (κ2) is 7.24. The molecule has 21 heavy (non-hydrogen) atoms. The molecule has 4 nitrogen and oxygen atoms in total. The quantitative estimate of drug-likeness (QED) is 0.858. The Hall–Kier alpha value is -2.62. The second-order valence-electron chi connectivity index (χ2n) is 4.61. The van der Waals surface area contributed by atoms with E-state index in [-0.39, 0.29) is 24.5 Å². The highest BCUT2D eigenvalue weighted by atomic mass is 16.5. The van der Waals surface area contributed by atoms with E-state index in [2.05, 4.69) is 5.32 Å². The van der Waals surface area contributed by atoms with Gasteiger partial charge in [0.1, 0.15) is 6.61 Å². The number of carbonyl (C=O) groups excluding carboxylic acids is 2. The van der Waals surface area contributed by atoms with E-state index in [1.807, 2.05) is 36.4 Å². The van der Waals surface area contributed by atoms with E-state index in [0.29, 0.717) is 5.56 Å². The number of benzene rings is 2. The first kappa shape index (κ1) is 14.8. The highest BCUT2D eigenvalue weighted by Gasteiger charge is 2.16. The molecule has 108 valence electrons. The van der Waals surface area contributed by atoms with E-state index >= 15 is 0 Å². The van der Waals surface area contributed by atoms with Crippen molar-refractivity contribution in [2.75, 3.05) is 6.61 Å². The minimum Gasteiger partial charge on any atom is -0.463 e. The van der Waals surface area contributed by atoms with Crippen LogP contribution in [-0.2, 0) is 9.53 Å². The SMILES string of the molecule is CC(=O)OCC(NC(=O)c1ccccc1)c1ccccc1. The van der Waals surface area contributed by atoms with Gasteiger partial charge in [-0.1, -0.05) is 48.5 Å². The summed E-state index contributed by atoms with van der Waals surface area (Å²) in [6.45, 7) is 1.46. The first-order chi connectivity index (χ1) is 10.2. The Labute approximate surface area is 123 Å². The molecule has 4 heteroatoms. The molecule has 0 aliphatic rings. The van der Waals surface area contributed by atoms with Crippen molar-refractivity contribution >= 4 is 11.9 Å². The Kier molecular flexibility index (Phi) is 5.10. The lowest BCUT2D eigenvalue weighted by molar-refractivity contribution is -0.141. The van der Waals surface area contributed by atoms with Gasteiger partial charge in [0.2, 0.25) is 0 Å². The number of ether oxygens (including phenoxy) is 1. The van der Waals surface area contributed by atoms with Gasteiger partial charge >= 0.3 is 5.97 Å². The molecule has 0 fully saturated rings. The Morgan fingerprint density at radius 1 is 1.00 bits per heavy atom. The molecule has 0 heterocycles. The zero-order valence-electron chi connectivity index (χ0n) is 11.8. The third-order valence-corrected chi connectivity index (χ3v) is 3.00. The van der Waals surface area contributed by atoms with Crippen LogP contribution in [0.5, 0.6) is 0 Å². The summed E-state index contributed by atoms with van der Waals surface area (Å²) in [6.07, 6.45) is 0. The van der Waals surface area contributed by atoms with Gasteiger partial charge in [0.05, 0.1) is 6.04 Å². The van der Waals surface area contributed by atoms with Crippen LogP contribution in [0.3, 0.4) is 0 Å². The average Bonchev–Trinajstić information content (AvgIpc) is 2.52. The van der Waals surface area contributed by atoms with Crippen LogP contribution >= 0.6 is 0 Å². The van der Waals surface area contributed by atoms with Gasteiger partial charge < -0.3 is 10.1 Å². The summed E-state index contributed by atoms with van der Waals surface area (Å²) >= 11 is 0. The van der Waals surface area contributed by atoms with Crippen molar-refractivity contribution in [1.29, 1.82) is 0 Å². The van der Waals surface area contributed by atoms with Crippen molar-refractivity contribution < 1.29 is 14.3 Å². The third kappa shape index (κ3) is 4.45. The molecular weight excluding hydrogens is 266 g/mol. The van der Waals surface area contributed by atoms with E-state index in [1.54, 1.807) is 24.3 Å². The van der Waals surface area contributed by atoms with Crippen LogP contribution in [0.15, 0.2) is 60.7 Å². The van der Waals surface area contributed by atoms with E-state index < -0.39 is 0 Å². The van der Waals surface area contributed by atoms with Crippen LogP contribution in [0.4, 0.5) is 0 Å². The molecule has 2 aromatic carbocycles. The monoisotopic (exact) mass is 283 g/mol. The average molecular weight is 283 g/mol. The smallest absolute Gasteiger partial charge is 0.302 e. The van der Waals surface area contributed by atoms with Crippen LogP contribution in [-0.4, -0.2) is 18.5 Å². The van der Waals surface area contributed by atoms with Gasteiger partial charge in [0.15, 0.2) is 0 Å². The van der Waals surface area contributed by atoms with Crippen molar-refractivity contribution in [3.8, 4) is 0 Å². The van der Waals surface area contributed by atoms with Crippen molar-refractivity contribution in [3.63, 3.8) is 0 Å². The summed E-state index contributed by atoms with van der Waals surface area (Å²) in [5.41, 5.74) is 1.46. The lowest BCUT2D eigenvalue weighted by Crippen LogP contribution is -2.32. The van der Waals surface area contributed by atoms with E-state index in [4.69, 9.17) is 4.74 Å². The molecule has 0 saturated carbocycles. The van der Waals surface area contributed by atoms with Gasteiger partial charge in [0, 0.05) is 12.5 Å². The molecule has 1 N–H and O–H groups in total. The Balaban J connectivity index is 2.12. The molecule has 1 unspecified atom stereocenters. The van der Waals surface area contributed by atoms with Crippen LogP contribution < -0.4 is 5.32 Å². The summed E-state index contributed by atoms with van der Waals surface area (Å²) in [5, 5.41) is 2.89. The molecule has 0 bridgehead atoms. The minimum atomic E-state index is -0.372. The molecule has 0 radical (unpaired) electrons. The standard InChI is InChI=1S/C17H17NO3/c1-13(19)21-12-16(14-8-4-2-5-9-14)18-17(20)15-10-6-3-7-11-15/h2-11,16H,12H2,1H3,(H,18,20). The molecule has 2 aromatic rings. The Morgan fingerprint density at radius 2 is 1.57 bits per heavy atom. The van der Waals surface area contributed by atoms with Crippen LogP contribution in [0.25, 0.3) is 0 Å². The van der Waals surface area contributed by atoms with Crippen LogP contribution in [0.2, 0.25) is 0 Å². The molecule has 0 aromatic heterocycles. The highest BCUT2D eigenvalue weighted by Crippen LogP contribution is 2.14. The first-order valence-electron chi connectivity index (χ1n) is 6.71. The molecule has 0 aliphatic carbocycles. The number of esters is 1. The van der Waals surface area contributed by atoms with E-state index in [1.165, 1.54) is 6.92 Å². The maximum absolute atomic E-state index is 12.2. The van der Waals surface area contributed by atoms with Gasteiger partial charge in [0.25, 0.3) is 5.91 Å². The maximum atomic E-state index is 12.2. The predicted octanol–water partition coefficient (Wildman–Crippen LogP) is 2.72. The van der Waals surface area contributed by atoms with Gasteiger partial charge in [-0.15, -0.1) is 0 Å². The van der Waals surface area contributed by atoms with E-state index in [9.17, 15) is 9.59 Å². The zero-order valence-corrected chi connectivity index (χ0v) is 11.8. The lowest BCUT2D eigenvalue weighted by atomic mass is 10.1. The topological polar surface area (TPSA) is 55.4 Å². The largest absolute Gasteiger partial charge is 0.463 e. The second-order valence-corrected chi connectivity index (χ2v) is 4.61. The maximum Gasteiger partial charge on any atom is 0.302 e. The molecule has 1 amide bonds. The van der Waals surface area contributed by atoms with Crippen LogP contribution in [0, 0.1) is 0 Å². The summed E-state index contributed by atoms with van der Waals surface area (Å²) < 4.78 is 5.04. The molecule has 0 aliphatic heterocycles. The van der Waals surface area contributed by atoms with Crippen molar-refractivity contribution in [2.24, 2.45) is 0 Å². The zero-order chi connectivity index (χ0) is 15.1. The highest BCUT2D eigenvalue weighted by molar-refractivity contribution is 5.94. The van der Waals surface area contributed by atoms with Crippen molar-refractivity contribution in [2.45, 2.75) is 13.0 Å². The number of hydrogen-bond acceptors (Lipinski definition) is 3. The summed E-state index contributed by atoms with van der Waals surface area (Å²) in [5.74, 6) is -0.568. The summed E-state index contributed by atoms with van der Waals surface area (Å²) in [6, 6.07) is 18.0. The Bertz CT molecular complexity index is 596. The predicted molar refractivity (Wildman–Crippen MR) is 79.7 cm³/mol. The van der Waals surface area contributed by atoms with E-state index in [0.717, 1.165) is 5.56 Å². The fourth-order valence-electron chi connectivity index (χ4n) is 1.94. The van der Waals surface area contributed by atoms with Gasteiger partial charge in [-0.05, 0) is 17.7 Å². The normalized spacial score (nSPS) is 11.5. The lowest BCUT2D eigenvalue weighted by Gasteiger charge is -2.19. The minimum absolute atomic E-state index is 0.109. The number of rotatable bonds is 5. The van der Waals surface area contributed by atoms with Crippen molar-refractivity contribution in [1.82, 2.24) is 5.32 Å². The van der Waals surface area contributed by atoms with Gasteiger partial charge in [-0.2, -0.15) is 0 Å². The fraction of sp³-hybridized carbons (Fsp3) is 0.176. The van der Waals surface area contributed by atoms with Gasteiger partial charge in [-0.25, -0.2) is 0 Å². The Morgan fingerprint density at radius 3 is 2.14 bits per heavy atom. The number of amides is 1. The molecule has 0 spiro atoms. The summed E-state index contributed by atoms with van der Waals surface area (Å²) in [4.78, 5) is 23.2. The fourth-order valence-corrected chi connectivity index (χ4v) is 1.94. The molecular formula is C17H17NO3. The molecule has 2 rings (SSSR count). The summed E-state index contributed by atoms with van der Waals surface area (Å²) in [7, 11) is 0. The number of carbonyl (C=O) groups is 2.